The average molecular weight is 325 g/mol. The third kappa shape index (κ3) is 4.66. The van der Waals surface area contributed by atoms with Crippen molar-refractivity contribution < 1.29 is 14.0 Å². The molecule has 1 aromatic carbocycles. The van der Waals surface area contributed by atoms with E-state index in [1.807, 2.05) is 0 Å². The second-order valence-corrected chi connectivity index (χ2v) is 4.83. The first kappa shape index (κ1) is 15.2. The Balaban J connectivity index is 1.89. The summed E-state index contributed by atoms with van der Waals surface area (Å²) in [5, 5.41) is 0.933. The Morgan fingerprint density at radius 3 is 2.43 bits per heavy atom. The molecule has 2 N–H and O–H groups in total. The quantitative estimate of drug-likeness (QED) is 0.673. The molecule has 2 aromatic rings. The van der Waals surface area contributed by atoms with Gasteiger partial charge in [-0.25, -0.2) is 0 Å². The van der Waals surface area contributed by atoms with E-state index in [-0.39, 0.29) is 5.76 Å². The van der Waals surface area contributed by atoms with Crippen molar-refractivity contribution in [3.8, 4) is 0 Å². The Kier molecular flexibility index (Phi) is 5.03. The van der Waals surface area contributed by atoms with Crippen LogP contribution in [0, 0.1) is 0 Å². The van der Waals surface area contributed by atoms with Crippen LogP contribution in [-0.2, 0) is 4.79 Å². The number of halogens is 2. The molecule has 0 saturated heterocycles. The predicted molar refractivity (Wildman–Crippen MR) is 79.8 cm³/mol. The molecule has 0 atom stereocenters. The summed E-state index contributed by atoms with van der Waals surface area (Å²) in [6, 6.07) is 7.94. The molecular weight excluding hydrogens is 315 g/mol. The molecule has 21 heavy (non-hydrogen) atoms. The van der Waals surface area contributed by atoms with E-state index in [0.29, 0.717) is 15.6 Å². The zero-order valence-corrected chi connectivity index (χ0v) is 12.1. The molecule has 2 rings (SSSR count). The van der Waals surface area contributed by atoms with Crippen molar-refractivity contribution in [3.05, 3.63) is 64.0 Å². The Morgan fingerprint density at radius 2 is 1.81 bits per heavy atom. The van der Waals surface area contributed by atoms with Crippen LogP contribution in [-0.4, -0.2) is 11.8 Å². The van der Waals surface area contributed by atoms with Gasteiger partial charge in [0.25, 0.3) is 5.91 Å². The molecule has 7 heteroatoms. The molecule has 1 aromatic heterocycles. The zero-order chi connectivity index (χ0) is 15.2. The highest BCUT2D eigenvalue weighted by atomic mass is 35.5. The lowest BCUT2D eigenvalue weighted by Crippen LogP contribution is -2.40. The van der Waals surface area contributed by atoms with E-state index in [1.54, 1.807) is 24.3 Å². The van der Waals surface area contributed by atoms with Crippen molar-refractivity contribution in [1.29, 1.82) is 0 Å². The van der Waals surface area contributed by atoms with Crippen molar-refractivity contribution in [2.45, 2.75) is 0 Å². The number of hydrazine groups is 1. The molecular formula is C14H10Cl2N2O3. The van der Waals surface area contributed by atoms with Crippen LogP contribution in [0.3, 0.4) is 0 Å². The van der Waals surface area contributed by atoms with Gasteiger partial charge in [-0.2, -0.15) is 0 Å². The number of hydrogen-bond acceptors (Lipinski definition) is 3. The largest absolute Gasteiger partial charge is 0.459 e. The van der Waals surface area contributed by atoms with Gasteiger partial charge in [0.1, 0.15) is 0 Å². The molecule has 1 heterocycles. The number of hydrogen-bond donors (Lipinski definition) is 2. The van der Waals surface area contributed by atoms with E-state index in [0.717, 1.165) is 0 Å². The smallest absolute Gasteiger partial charge is 0.305 e. The second kappa shape index (κ2) is 6.97. The number of carbonyl (C=O) groups excluding carboxylic acids is 2. The van der Waals surface area contributed by atoms with Crippen molar-refractivity contribution in [2.24, 2.45) is 0 Å². The first-order chi connectivity index (χ1) is 10.0. The Labute approximate surface area is 130 Å². The maximum absolute atomic E-state index is 11.6. The Morgan fingerprint density at radius 1 is 1.10 bits per heavy atom. The standard InChI is InChI=1S/C14H10Cl2N2O3/c15-10-6-9(7-11(16)8-10)3-4-13(19)17-18-14(20)12-2-1-5-21-12/h1-8H,(H,17,19)(H,18,20)/b4-3+. The Hall–Kier alpha value is -2.24. The highest BCUT2D eigenvalue weighted by Gasteiger charge is 2.08. The van der Waals surface area contributed by atoms with Gasteiger partial charge >= 0.3 is 5.91 Å². The van der Waals surface area contributed by atoms with Crippen LogP contribution in [0.1, 0.15) is 16.1 Å². The van der Waals surface area contributed by atoms with Crippen molar-refractivity contribution in [3.63, 3.8) is 0 Å². The van der Waals surface area contributed by atoms with E-state index in [4.69, 9.17) is 27.6 Å². The molecule has 0 bridgehead atoms. The van der Waals surface area contributed by atoms with Gasteiger partial charge in [-0.15, -0.1) is 0 Å². The van der Waals surface area contributed by atoms with E-state index in [1.165, 1.54) is 24.5 Å². The number of amides is 2. The minimum Gasteiger partial charge on any atom is -0.459 e. The number of benzene rings is 1. The summed E-state index contributed by atoms with van der Waals surface area (Å²) in [6.45, 7) is 0. The fourth-order valence-corrected chi connectivity index (χ4v) is 2.02. The van der Waals surface area contributed by atoms with Gasteiger partial charge in [0.2, 0.25) is 0 Å². The van der Waals surface area contributed by atoms with Crippen LogP contribution in [0.4, 0.5) is 0 Å². The fourth-order valence-electron chi connectivity index (χ4n) is 1.47. The number of rotatable bonds is 3. The van der Waals surface area contributed by atoms with Crippen LogP contribution >= 0.6 is 23.2 Å². The van der Waals surface area contributed by atoms with Crippen molar-refractivity contribution in [1.82, 2.24) is 10.9 Å². The van der Waals surface area contributed by atoms with Gasteiger partial charge in [0.05, 0.1) is 6.26 Å². The molecule has 0 saturated carbocycles. The highest BCUT2D eigenvalue weighted by Crippen LogP contribution is 2.19. The highest BCUT2D eigenvalue weighted by molar-refractivity contribution is 6.34. The molecule has 0 aliphatic heterocycles. The van der Waals surface area contributed by atoms with E-state index >= 15 is 0 Å². The molecule has 0 aliphatic carbocycles. The number of furan rings is 1. The van der Waals surface area contributed by atoms with Crippen LogP contribution in [0.25, 0.3) is 6.08 Å². The SMILES string of the molecule is O=C(/C=C/c1cc(Cl)cc(Cl)c1)NNC(=O)c1ccco1. The summed E-state index contributed by atoms with van der Waals surface area (Å²) in [7, 11) is 0. The van der Waals surface area contributed by atoms with Crippen LogP contribution in [0.2, 0.25) is 10.0 Å². The monoisotopic (exact) mass is 324 g/mol. The minimum absolute atomic E-state index is 0.0981. The first-order valence-corrected chi connectivity index (χ1v) is 6.58. The molecule has 0 radical (unpaired) electrons. The molecule has 0 aliphatic rings. The molecule has 108 valence electrons. The number of nitrogens with one attached hydrogen (secondary N) is 2. The summed E-state index contributed by atoms with van der Waals surface area (Å²) in [4.78, 5) is 23.0. The summed E-state index contributed by atoms with van der Waals surface area (Å²) in [5.74, 6) is -0.959. The van der Waals surface area contributed by atoms with Gasteiger partial charge in [-0.1, -0.05) is 23.2 Å². The van der Waals surface area contributed by atoms with E-state index in [2.05, 4.69) is 10.9 Å². The van der Waals surface area contributed by atoms with Gasteiger partial charge in [-0.05, 0) is 42.0 Å². The van der Waals surface area contributed by atoms with Gasteiger partial charge in [-0.3, -0.25) is 20.4 Å². The van der Waals surface area contributed by atoms with Gasteiger partial charge < -0.3 is 4.42 Å². The molecule has 5 nitrogen and oxygen atoms in total. The minimum atomic E-state index is -0.549. The maximum atomic E-state index is 11.6. The molecule has 2 amide bonds. The third-order valence-electron chi connectivity index (χ3n) is 2.36. The summed E-state index contributed by atoms with van der Waals surface area (Å²) in [5.41, 5.74) is 5.09. The lowest BCUT2D eigenvalue weighted by Gasteiger charge is -2.02. The fraction of sp³-hybridized carbons (Fsp3) is 0. The van der Waals surface area contributed by atoms with Crippen LogP contribution < -0.4 is 10.9 Å². The number of carbonyl (C=O) groups is 2. The average Bonchev–Trinajstić information content (AvgIpc) is 2.95. The van der Waals surface area contributed by atoms with Gasteiger partial charge in [0.15, 0.2) is 5.76 Å². The lowest BCUT2D eigenvalue weighted by molar-refractivity contribution is -0.117. The van der Waals surface area contributed by atoms with E-state index in [9.17, 15) is 9.59 Å². The van der Waals surface area contributed by atoms with E-state index < -0.39 is 11.8 Å². The molecule has 0 spiro atoms. The summed E-state index contributed by atoms with van der Waals surface area (Å²) >= 11 is 11.7. The van der Waals surface area contributed by atoms with Crippen molar-refractivity contribution in [2.75, 3.05) is 0 Å². The normalized spacial score (nSPS) is 10.6. The Bertz CT molecular complexity index is 661. The second-order valence-electron chi connectivity index (χ2n) is 3.96. The predicted octanol–water partition coefficient (Wildman–Crippen LogP) is 3.06. The van der Waals surface area contributed by atoms with Crippen LogP contribution in [0.5, 0.6) is 0 Å². The van der Waals surface area contributed by atoms with Gasteiger partial charge in [0, 0.05) is 16.1 Å². The lowest BCUT2D eigenvalue weighted by atomic mass is 10.2. The maximum Gasteiger partial charge on any atom is 0.305 e. The summed E-state index contributed by atoms with van der Waals surface area (Å²) in [6.07, 6.45) is 4.12. The topological polar surface area (TPSA) is 71.3 Å². The zero-order valence-electron chi connectivity index (χ0n) is 10.6. The third-order valence-corrected chi connectivity index (χ3v) is 2.79. The first-order valence-electron chi connectivity index (χ1n) is 5.82. The van der Waals surface area contributed by atoms with Crippen LogP contribution in [0.15, 0.2) is 47.1 Å². The summed E-state index contributed by atoms with van der Waals surface area (Å²) < 4.78 is 4.87. The molecule has 0 fully saturated rings. The van der Waals surface area contributed by atoms with Crippen molar-refractivity contribution >= 4 is 41.1 Å². The molecule has 0 unspecified atom stereocenters.